The number of carboxylic acids is 1. The van der Waals surface area contributed by atoms with Gasteiger partial charge in [-0.2, -0.15) is 0 Å². The number of rotatable bonds is 7. The van der Waals surface area contributed by atoms with Crippen molar-refractivity contribution in [2.45, 2.75) is 26.5 Å². The Morgan fingerprint density at radius 2 is 1.88 bits per heavy atom. The molecule has 0 aliphatic heterocycles. The normalized spacial score (nSPS) is 11.8. The molecule has 25 heavy (non-hydrogen) atoms. The minimum Gasteiger partial charge on any atom is -0.489 e. The quantitative estimate of drug-likeness (QED) is 0.808. The van der Waals surface area contributed by atoms with E-state index in [1.54, 1.807) is 50.2 Å². The van der Waals surface area contributed by atoms with Crippen LogP contribution < -0.4 is 10.1 Å². The van der Waals surface area contributed by atoms with Crippen LogP contribution in [0.1, 0.15) is 29.8 Å². The minimum atomic E-state index is -1.08. The van der Waals surface area contributed by atoms with Crippen molar-refractivity contribution in [2.75, 3.05) is 0 Å². The van der Waals surface area contributed by atoms with Crippen molar-refractivity contribution in [3.05, 3.63) is 65.5 Å². The number of nitrogens with one attached hydrogen (secondary N) is 1. The predicted molar refractivity (Wildman–Crippen MR) is 90.9 cm³/mol. The number of hydrogen-bond donors (Lipinski definition) is 2. The number of amides is 1. The third kappa shape index (κ3) is 5.31. The standard InChI is InChI=1S/C19H20FNO4/c1-12(2)17(19(23)24)21-18(22)14-6-3-5-13(9-14)11-25-16-8-4-7-15(20)10-16/h3-10,12,17H,11H2,1-2H3,(H,21,22)(H,23,24). The Hall–Kier alpha value is -2.89. The lowest BCUT2D eigenvalue weighted by Crippen LogP contribution is -2.44. The molecule has 1 unspecified atom stereocenters. The number of carbonyl (C=O) groups excluding carboxylic acids is 1. The molecule has 0 bridgehead atoms. The fourth-order valence-electron chi connectivity index (χ4n) is 2.26. The first-order valence-electron chi connectivity index (χ1n) is 7.88. The van der Waals surface area contributed by atoms with Gasteiger partial charge in [-0.3, -0.25) is 4.79 Å². The highest BCUT2D eigenvalue weighted by molar-refractivity contribution is 5.96. The van der Waals surface area contributed by atoms with Crippen molar-refractivity contribution < 1.29 is 23.8 Å². The summed E-state index contributed by atoms with van der Waals surface area (Å²) in [5, 5.41) is 11.7. The average Bonchev–Trinajstić information content (AvgIpc) is 2.57. The molecule has 2 N–H and O–H groups in total. The zero-order valence-electron chi connectivity index (χ0n) is 14.0. The van der Waals surface area contributed by atoms with Gasteiger partial charge in [0.1, 0.15) is 24.2 Å². The molecule has 1 amide bonds. The molecule has 0 radical (unpaired) electrons. The molecular formula is C19H20FNO4. The van der Waals surface area contributed by atoms with Gasteiger partial charge in [-0.1, -0.05) is 32.0 Å². The minimum absolute atomic E-state index is 0.164. The summed E-state index contributed by atoms with van der Waals surface area (Å²) in [5.74, 6) is -1.77. The van der Waals surface area contributed by atoms with Gasteiger partial charge in [0.15, 0.2) is 0 Å². The molecule has 0 saturated carbocycles. The fourth-order valence-corrected chi connectivity index (χ4v) is 2.26. The summed E-state index contributed by atoms with van der Waals surface area (Å²) in [6.45, 7) is 3.61. The first kappa shape index (κ1) is 18.4. The third-order valence-corrected chi connectivity index (χ3v) is 3.61. The van der Waals surface area contributed by atoms with Crippen molar-refractivity contribution in [3.63, 3.8) is 0 Å². The second kappa shape index (κ2) is 8.28. The topological polar surface area (TPSA) is 75.6 Å². The molecule has 0 heterocycles. The smallest absolute Gasteiger partial charge is 0.326 e. The molecule has 2 aromatic rings. The number of aliphatic carboxylic acids is 1. The van der Waals surface area contributed by atoms with E-state index < -0.39 is 17.9 Å². The first-order chi connectivity index (χ1) is 11.9. The van der Waals surface area contributed by atoms with Gasteiger partial charge in [0, 0.05) is 11.6 Å². The Morgan fingerprint density at radius 3 is 2.52 bits per heavy atom. The largest absolute Gasteiger partial charge is 0.489 e. The molecule has 0 spiro atoms. The van der Waals surface area contributed by atoms with Crippen LogP contribution in [0.25, 0.3) is 0 Å². The summed E-state index contributed by atoms with van der Waals surface area (Å²) < 4.78 is 18.6. The van der Waals surface area contributed by atoms with Crippen LogP contribution in [-0.2, 0) is 11.4 Å². The number of carboxylic acid groups (broad SMARTS) is 1. The maximum atomic E-state index is 13.1. The molecule has 0 aliphatic carbocycles. The van der Waals surface area contributed by atoms with E-state index in [1.807, 2.05) is 0 Å². The van der Waals surface area contributed by atoms with Crippen LogP contribution in [-0.4, -0.2) is 23.0 Å². The summed E-state index contributed by atoms with van der Waals surface area (Å²) in [5.41, 5.74) is 1.06. The van der Waals surface area contributed by atoms with Crippen LogP contribution in [0.3, 0.4) is 0 Å². The molecule has 2 rings (SSSR count). The Morgan fingerprint density at radius 1 is 1.16 bits per heavy atom. The molecule has 2 aromatic carbocycles. The molecule has 1 atom stereocenters. The van der Waals surface area contributed by atoms with Gasteiger partial charge in [-0.25, -0.2) is 9.18 Å². The van der Waals surface area contributed by atoms with Crippen LogP contribution in [0.4, 0.5) is 4.39 Å². The van der Waals surface area contributed by atoms with Crippen LogP contribution >= 0.6 is 0 Å². The van der Waals surface area contributed by atoms with Crippen molar-refractivity contribution in [3.8, 4) is 5.75 Å². The molecule has 0 aliphatic rings. The van der Waals surface area contributed by atoms with Crippen molar-refractivity contribution in [1.29, 1.82) is 0 Å². The summed E-state index contributed by atoms with van der Waals surface area (Å²) in [7, 11) is 0. The molecule has 6 heteroatoms. The molecule has 0 saturated heterocycles. The van der Waals surface area contributed by atoms with E-state index in [1.165, 1.54) is 12.1 Å². The average molecular weight is 345 g/mol. The van der Waals surface area contributed by atoms with E-state index in [9.17, 15) is 14.0 Å². The van der Waals surface area contributed by atoms with Gasteiger partial charge in [-0.05, 0) is 35.7 Å². The molecule has 0 aromatic heterocycles. The lowest BCUT2D eigenvalue weighted by atomic mass is 10.0. The van der Waals surface area contributed by atoms with Crippen LogP contribution in [0.2, 0.25) is 0 Å². The monoisotopic (exact) mass is 345 g/mol. The van der Waals surface area contributed by atoms with E-state index in [-0.39, 0.29) is 18.3 Å². The zero-order chi connectivity index (χ0) is 18.4. The third-order valence-electron chi connectivity index (χ3n) is 3.61. The van der Waals surface area contributed by atoms with E-state index in [4.69, 9.17) is 9.84 Å². The number of hydrogen-bond acceptors (Lipinski definition) is 3. The SMILES string of the molecule is CC(C)C(NC(=O)c1cccc(COc2cccc(F)c2)c1)C(=O)O. The van der Waals surface area contributed by atoms with Crippen LogP contribution in [0.15, 0.2) is 48.5 Å². The Labute approximate surface area is 145 Å². The van der Waals surface area contributed by atoms with Gasteiger partial charge in [0.05, 0.1) is 0 Å². The maximum absolute atomic E-state index is 13.1. The van der Waals surface area contributed by atoms with Crippen LogP contribution in [0.5, 0.6) is 5.75 Å². The zero-order valence-corrected chi connectivity index (χ0v) is 14.0. The highest BCUT2D eigenvalue weighted by atomic mass is 19.1. The van der Waals surface area contributed by atoms with Gasteiger partial charge >= 0.3 is 5.97 Å². The fraction of sp³-hybridized carbons (Fsp3) is 0.263. The predicted octanol–water partition coefficient (Wildman–Crippen LogP) is 3.24. The Balaban J connectivity index is 2.05. The summed E-state index contributed by atoms with van der Waals surface area (Å²) in [4.78, 5) is 23.5. The number of halogens is 1. The van der Waals surface area contributed by atoms with Gasteiger partial charge < -0.3 is 15.2 Å². The van der Waals surface area contributed by atoms with E-state index in [0.29, 0.717) is 16.9 Å². The maximum Gasteiger partial charge on any atom is 0.326 e. The van der Waals surface area contributed by atoms with Gasteiger partial charge in [0.2, 0.25) is 0 Å². The Kier molecular flexibility index (Phi) is 6.11. The van der Waals surface area contributed by atoms with E-state index >= 15 is 0 Å². The van der Waals surface area contributed by atoms with Gasteiger partial charge in [-0.15, -0.1) is 0 Å². The van der Waals surface area contributed by atoms with Gasteiger partial charge in [0.25, 0.3) is 5.91 Å². The molecular weight excluding hydrogens is 325 g/mol. The van der Waals surface area contributed by atoms with E-state index in [0.717, 1.165) is 0 Å². The van der Waals surface area contributed by atoms with Crippen molar-refractivity contribution in [2.24, 2.45) is 5.92 Å². The van der Waals surface area contributed by atoms with Crippen molar-refractivity contribution >= 4 is 11.9 Å². The number of carbonyl (C=O) groups is 2. The highest BCUT2D eigenvalue weighted by Crippen LogP contribution is 2.15. The lowest BCUT2D eigenvalue weighted by molar-refractivity contribution is -0.140. The number of ether oxygens (including phenoxy) is 1. The molecule has 5 nitrogen and oxygen atoms in total. The molecule has 132 valence electrons. The Bertz CT molecular complexity index is 761. The lowest BCUT2D eigenvalue weighted by Gasteiger charge is -2.18. The van der Waals surface area contributed by atoms with Crippen molar-refractivity contribution in [1.82, 2.24) is 5.32 Å². The summed E-state index contributed by atoms with van der Waals surface area (Å²) >= 11 is 0. The van der Waals surface area contributed by atoms with E-state index in [2.05, 4.69) is 5.32 Å². The first-order valence-corrected chi connectivity index (χ1v) is 7.88. The highest BCUT2D eigenvalue weighted by Gasteiger charge is 2.23. The van der Waals surface area contributed by atoms with Crippen LogP contribution in [0, 0.1) is 11.7 Å². The second-order valence-corrected chi connectivity index (χ2v) is 5.98. The number of benzene rings is 2. The summed E-state index contributed by atoms with van der Waals surface area (Å²) in [6.07, 6.45) is 0. The summed E-state index contributed by atoms with van der Waals surface area (Å²) in [6, 6.07) is 11.5. The molecule has 0 fully saturated rings. The second-order valence-electron chi connectivity index (χ2n) is 5.98.